The van der Waals surface area contributed by atoms with Crippen LogP contribution in [0.15, 0.2) is 0 Å². The summed E-state index contributed by atoms with van der Waals surface area (Å²) in [6.07, 6.45) is 6.57. The van der Waals surface area contributed by atoms with Crippen LogP contribution in [0.1, 0.15) is 39.5 Å². The van der Waals surface area contributed by atoms with Crippen LogP contribution in [0, 0.1) is 0 Å². The van der Waals surface area contributed by atoms with Crippen molar-refractivity contribution >= 4 is 10.8 Å². The third-order valence-electron chi connectivity index (χ3n) is 3.76. The first-order valence-electron chi connectivity index (χ1n) is 6.91. The molecule has 0 aromatic rings. The summed E-state index contributed by atoms with van der Waals surface area (Å²) in [5.41, 5.74) is 0. The molecule has 1 saturated heterocycles. The van der Waals surface area contributed by atoms with E-state index in [2.05, 4.69) is 24.1 Å². The van der Waals surface area contributed by atoms with Crippen LogP contribution in [0.3, 0.4) is 0 Å². The monoisotopic (exact) mass is 260 g/mol. The summed E-state index contributed by atoms with van der Waals surface area (Å²) in [5.74, 6) is 0.840. The van der Waals surface area contributed by atoms with Crippen LogP contribution in [0.2, 0.25) is 0 Å². The molecule has 0 aromatic heterocycles. The molecule has 0 aromatic carbocycles. The molecule has 0 aliphatic carbocycles. The van der Waals surface area contributed by atoms with Crippen molar-refractivity contribution in [1.82, 2.24) is 10.2 Å². The molecule has 3 unspecified atom stereocenters. The Bertz CT molecular complexity index is 235. The predicted molar refractivity (Wildman–Crippen MR) is 75.9 cm³/mol. The van der Waals surface area contributed by atoms with Gasteiger partial charge in [-0.2, -0.15) is 0 Å². The van der Waals surface area contributed by atoms with E-state index in [1.165, 1.54) is 32.4 Å². The minimum absolute atomic E-state index is 0.578. The second-order valence-electron chi connectivity index (χ2n) is 5.15. The van der Waals surface area contributed by atoms with Crippen molar-refractivity contribution < 1.29 is 4.21 Å². The van der Waals surface area contributed by atoms with Crippen molar-refractivity contribution in [2.75, 3.05) is 31.6 Å². The van der Waals surface area contributed by atoms with E-state index < -0.39 is 10.8 Å². The Balaban J connectivity index is 2.36. The highest BCUT2D eigenvalue weighted by molar-refractivity contribution is 7.84. The summed E-state index contributed by atoms with van der Waals surface area (Å²) in [4.78, 5) is 2.58. The SMILES string of the molecule is CCC1CCN(C(C)CCS(C)=O)CCCN1. The standard InChI is InChI=1S/C13H28N2OS/c1-4-13-6-10-15(9-5-8-14-13)12(2)7-11-17(3)16/h12-14H,4-11H2,1-3H3. The van der Waals surface area contributed by atoms with Gasteiger partial charge in [-0.15, -0.1) is 0 Å². The number of nitrogens with zero attached hydrogens (tertiary/aromatic N) is 1. The van der Waals surface area contributed by atoms with Gasteiger partial charge in [-0.3, -0.25) is 4.21 Å². The Labute approximate surface area is 109 Å². The molecule has 3 nitrogen and oxygen atoms in total. The number of nitrogens with one attached hydrogen (secondary N) is 1. The van der Waals surface area contributed by atoms with Crippen LogP contribution in [0.5, 0.6) is 0 Å². The Hall–Kier alpha value is 0.0700. The quantitative estimate of drug-likeness (QED) is 0.815. The van der Waals surface area contributed by atoms with Crippen LogP contribution >= 0.6 is 0 Å². The second kappa shape index (κ2) is 8.22. The normalized spacial score (nSPS) is 27.1. The largest absolute Gasteiger partial charge is 0.314 e. The van der Waals surface area contributed by atoms with E-state index in [9.17, 15) is 4.21 Å². The fourth-order valence-corrected chi connectivity index (χ4v) is 3.11. The van der Waals surface area contributed by atoms with Gasteiger partial charge >= 0.3 is 0 Å². The van der Waals surface area contributed by atoms with Crippen LogP contribution in [-0.2, 0) is 10.8 Å². The maximum absolute atomic E-state index is 11.1. The lowest BCUT2D eigenvalue weighted by Gasteiger charge is -2.33. The summed E-state index contributed by atoms with van der Waals surface area (Å²) in [7, 11) is -0.646. The molecule has 1 heterocycles. The molecule has 0 amide bonds. The summed E-state index contributed by atoms with van der Waals surface area (Å²) >= 11 is 0. The van der Waals surface area contributed by atoms with Crippen molar-refractivity contribution in [2.45, 2.75) is 51.6 Å². The highest BCUT2D eigenvalue weighted by Crippen LogP contribution is 2.11. The van der Waals surface area contributed by atoms with Crippen molar-refractivity contribution in [3.63, 3.8) is 0 Å². The van der Waals surface area contributed by atoms with Gasteiger partial charge in [-0.1, -0.05) is 6.92 Å². The molecule has 102 valence electrons. The van der Waals surface area contributed by atoms with Crippen molar-refractivity contribution in [3.8, 4) is 0 Å². The van der Waals surface area contributed by atoms with Crippen LogP contribution in [-0.4, -0.2) is 52.8 Å². The fraction of sp³-hybridized carbons (Fsp3) is 1.00. The molecule has 1 N–H and O–H groups in total. The van der Waals surface area contributed by atoms with E-state index in [-0.39, 0.29) is 0 Å². The molecule has 1 fully saturated rings. The van der Waals surface area contributed by atoms with Crippen molar-refractivity contribution in [1.29, 1.82) is 0 Å². The number of hydrogen-bond donors (Lipinski definition) is 1. The average Bonchev–Trinajstić information content (AvgIpc) is 2.26. The molecule has 4 heteroatoms. The summed E-state index contributed by atoms with van der Waals surface area (Å²) in [5, 5.41) is 3.61. The van der Waals surface area contributed by atoms with Gasteiger partial charge in [0.05, 0.1) is 0 Å². The molecular weight excluding hydrogens is 232 g/mol. The Morgan fingerprint density at radius 3 is 2.88 bits per heavy atom. The minimum atomic E-state index is -0.646. The first kappa shape index (κ1) is 15.1. The Kier molecular flexibility index (Phi) is 7.32. The molecule has 1 rings (SSSR count). The highest BCUT2D eigenvalue weighted by atomic mass is 32.2. The molecule has 0 spiro atoms. The van der Waals surface area contributed by atoms with Gasteiger partial charge in [0.25, 0.3) is 0 Å². The van der Waals surface area contributed by atoms with Gasteiger partial charge in [0.15, 0.2) is 0 Å². The van der Waals surface area contributed by atoms with Gasteiger partial charge in [0, 0.05) is 34.9 Å². The van der Waals surface area contributed by atoms with Gasteiger partial charge < -0.3 is 10.2 Å². The summed E-state index contributed by atoms with van der Waals surface area (Å²) < 4.78 is 11.1. The van der Waals surface area contributed by atoms with E-state index in [0.717, 1.165) is 18.7 Å². The molecule has 0 saturated carbocycles. The van der Waals surface area contributed by atoms with E-state index in [1.807, 2.05) is 0 Å². The minimum Gasteiger partial charge on any atom is -0.314 e. The lowest BCUT2D eigenvalue weighted by molar-refractivity contribution is 0.177. The molecule has 0 bridgehead atoms. The second-order valence-corrected chi connectivity index (χ2v) is 6.71. The van der Waals surface area contributed by atoms with E-state index >= 15 is 0 Å². The zero-order chi connectivity index (χ0) is 12.7. The zero-order valence-corrected chi connectivity index (χ0v) is 12.4. The number of hydrogen-bond acceptors (Lipinski definition) is 3. The van der Waals surface area contributed by atoms with Crippen LogP contribution in [0.4, 0.5) is 0 Å². The van der Waals surface area contributed by atoms with Crippen LogP contribution in [0.25, 0.3) is 0 Å². The third kappa shape index (κ3) is 5.98. The molecular formula is C13H28N2OS. The van der Waals surface area contributed by atoms with Crippen molar-refractivity contribution in [2.24, 2.45) is 0 Å². The van der Waals surface area contributed by atoms with E-state index in [1.54, 1.807) is 6.26 Å². The van der Waals surface area contributed by atoms with Gasteiger partial charge in [-0.25, -0.2) is 0 Å². The number of rotatable bonds is 5. The molecule has 1 aliphatic rings. The highest BCUT2D eigenvalue weighted by Gasteiger charge is 2.18. The van der Waals surface area contributed by atoms with Crippen molar-refractivity contribution in [3.05, 3.63) is 0 Å². The maximum atomic E-state index is 11.1. The van der Waals surface area contributed by atoms with E-state index in [4.69, 9.17) is 0 Å². The molecule has 0 radical (unpaired) electrons. The topological polar surface area (TPSA) is 32.3 Å². The Morgan fingerprint density at radius 1 is 1.47 bits per heavy atom. The molecule has 1 aliphatic heterocycles. The predicted octanol–water partition coefficient (Wildman–Crippen LogP) is 1.61. The molecule has 3 atom stereocenters. The Morgan fingerprint density at radius 2 is 2.24 bits per heavy atom. The fourth-order valence-electron chi connectivity index (χ4n) is 2.43. The lowest BCUT2D eigenvalue weighted by Crippen LogP contribution is -2.43. The summed E-state index contributed by atoms with van der Waals surface area (Å²) in [6.45, 7) is 8.04. The van der Waals surface area contributed by atoms with Gasteiger partial charge in [-0.05, 0) is 52.2 Å². The van der Waals surface area contributed by atoms with Crippen LogP contribution < -0.4 is 5.32 Å². The van der Waals surface area contributed by atoms with Gasteiger partial charge in [0.2, 0.25) is 0 Å². The maximum Gasteiger partial charge on any atom is 0.0246 e. The molecule has 17 heavy (non-hydrogen) atoms. The smallest absolute Gasteiger partial charge is 0.0246 e. The lowest BCUT2D eigenvalue weighted by atomic mass is 10.1. The first-order chi connectivity index (χ1) is 8.13. The zero-order valence-electron chi connectivity index (χ0n) is 11.6. The first-order valence-corrected chi connectivity index (χ1v) is 8.63. The summed E-state index contributed by atoms with van der Waals surface area (Å²) in [6, 6.07) is 1.26. The van der Waals surface area contributed by atoms with Gasteiger partial charge in [0.1, 0.15) is 0 Å². The average molecular weight is 260 g/mol. The third-order valence-corrected chi connectivity index (χ3v) is 4.57. The van der Waals surface area contributed by atoms with E-state index in [0.29, 0.717) is 12.1 Å².